The average Bonchev–Trinajstić information content (AvgIpc) is 2.75. The predicted octanol–water partition coefficient (Wildman–Crippen LogP) is 0.272. The lowest BCUT2D eigenvalue weighted by Gasteiger charge is -2.06. The Balaban J connectivity index is 2.52. The molecule has 0 atom stereocenters. The fourth-order valence-corrected chi connectivity index (χ4v) is 2.77. The summed E-state index contributed by atoms with van der Waals surface area (Å²) in [6, 6.07) is 0. The number of aromatic amines is 1. The van der Waals surface area contributed by atoms with E-state index >= 15 is 0 Å². The van der Waals surface area contributed by atoms with Crippen LogP contribution in [0.15, 0.2) is 5.03 Å². The van der Waals surface area contributed by atoms with Crippen molar-refractivity contribution < 1.29 is 13.2 Å². The van der Waals surface area contributed by atoms with E-state index in [1.165, 1.54) is 0 Å². The number of nitrogens with two attached hydrogens (primary N) is 1. The van der Waals surface area contributed by atoms with Gasteiger partial charge < -0.3 is 10.5 Å². The van der Waals surface area contributed by atoms with Crippen molar-refractivity contribution >= 4 is 10.0 Å². The molecule has 0 unspecified atom stereocenters. The summed E-state index contributed by atoms with van der Waals surface area (Å²) in [7, 11) is -3.63. The summed E-state index contributed by atoms with van der Waals surface area (Å²) in [6.45, 7) is 5.16. The first-order chi connectivity index (χ1) is 9.03. The van der Waals surface area contributed by atoms with Gasteiger partial charge in [0.15, 0.2) is 5.03 Å². The Morgan fingerprint density at radius 3 is 2.79 bits per heavy atom. The molecule has 8 heteroatoms. The normalized spacial score (nSPS) is 11.9. The lowest BCUT2D eigenvalue weighted by Crippen LogP contribution is -2.29. The molecule has 0 radical (unpaired) electrons. The highest BCUT2D eigenvalue weighted by molar-refractivity contribution is 7.89. The first kappa shape index (κ1) is 16.1. The highest BCUT2D eigenvalue weighted by Crippen LogP contribution is 2.14. The molecule has 4 N–H and O–H groups in total. The molecule has 0 aliphatic rings. The lowest BCUT2D eigenvalue weighted by atomic mass is 10.3. The van der Waals surface area contributed by atoms with Crippen LogP contribution in [0, 0.1) is 6.92 Å². The van der Waals surface area contributed by atoms with Crippen molar-refractivity contribution in [3.05, 3.63) is 11.3 Å². The fraction of sp³-hybridized carbons (Fsp3) is 0.727. The van der Waals surface area contributed by atoms with Crippen LogP contribution in [0.4, 0.5) is 0 Å². The number of unbranched alkanes of at least 4 members (excludes halogenated alkanes) is 1. The van der Waals surface area contributed by atoms with Gasteiger partial charge in [-0.1, -0.05) is 13.3 Å². The van der Waals surface area contributed by atoms with Crippen molar-refractivity contribution in [2.75, 3.05) is 19.8 Å². The second-order valence-corrected chi connectivity index (χ2v) is 5.88. The molecule has 0 amide bonds. The first-order valence-electron chi connectivity index (χ1n) is 6.34. The molecule has 0 aliphatic heterocycles. The number of aromatic nitrogens is 2. The van der Waals surface area contributed by atoms with Crippen molar-refractivity contribution in [1.29, 1.82) is 0 Å². The van der Waals surface area contributed by atoms with Crippen molar-refractivity contribution in [3.63, 3.8) is 0 Å². The quantitative estimate of drug-likeness (QED) is 0.565. The van der Waals surface area contributed by atoms with E-state index < -0.39 is 10.0 Å². The molecule has 110 valence electrons. The summed E-state index contributed by atoms with van der Waals surface area (Å²) in [4.78, 5) is 0. The van der Waals surface area contributed by atoms with Crippen LogP contribution >= 0.6 is 0 Å². The molecule has 1 aromatic heterocycles. The lowest BCUT2D eigenvalue weighted by molar-refractivity contribution is 0.136. The number of H-pyrrole nitrogens is 1. The summed E-state index contributed by atoms with van der Waals surface area (Å²) < 4.78 is 31.8. The summed E-state index contributed by atoms with van der Waals surface area (Å²) in [5.41, 5.74) is 6.71. The average molecular weight is 290 g/mol. The minimum absolute atomic E-state index is 0.0268. The SMILES string of the molecule is CCCCOCCNS(=O)(=O)c1n[nH]c(C)c1CN. The van der Waals surface area contributed by atoms with Crippen LogP contribution in [0.5, 0.6) is 0 Å². The number of ether oxygens (including phenoxy) is 1. The molecule has 0 aliphatic carbocycles. The summed E-state index contributed by atoms with van der Waals surface area (Å²) in [5, 5.41) is 6.40. The Morgan fingerprint density at radius 1 is 1.42 bits per heavy atom. The monoisotopic (exact) mass is 290 g/mol. The highest BCUT2D eigenvalue weighted by Gasteiger charge is 2.22. The minimum atomic E-state index is -3.63. The maximum absolute atomic E-state index is 12.0. The molecule has 0 aromatic carbocycles. The third-order valence-corrected chi connectivity index (χ3v) is 4.11. The van der Waals surface area contributed by atoms with Crippen molar-refractivity contribution in [2.24, 2.45) is 5.73 Å². The van der Waals surface area contributed by atoms with Crippen molar-refractivity contribution in [3.8, 4) is 0 Å². The third kappa shape index (κ3) is 4.57. The van der Waals surface area contributed by atoms with Gasteiger partial charge >= 0.3 is 0 Å². The second kappa shape index (κ2) is 7.59. The van der Waals surface area contributed by atoms with E-state index in [9.17, 15) is 8.42 Å². The molecule has 0 saturated carbocycles. The van der Waals surface area contributed by atoms with Crippen molar-refractivity contribution in [2.45, 2.75) is 38.3 Å². The van der Waals surface area contributed by atoms with Gasteiger partial charge in [0.25, 0.3) is 10.0 Å². The van der Waals surface area contributed by atoms with Gasteiger partial charge in [-0.2, -0.15) is 5.10 Å². The molecule has 1 rings (SSSR count). The van der Waals surface area contributed by atoms with Crippen LogP contribution in [-0.2, 0) is 21.3 Å². The van der Waals surface area contributed by atoms with E-state index in [2.05, 4.69) is 21.8 Å². The number of hydrogen-bond acceptors (Lipinski definition) is 5. The summed E-state index contributed by atoms with van der Waals surface area (Å²) in [6.07, 6.45) is 2.03. The third-order valence-electron chi connectivity index (χ3n) is 2.68. The molecular formula is C11H22N4O3S. The van der Waals surface area contributed by atoms with Gasteiger partial charge in [-0.15, -0.1) is 0 Å². The maximum atomic E-state index is 12.0. The number of aryl methyl sites for hydroxylation is 1. The van der Waals surface area contributed by atoms with Gasteiger partial charge in [0.1, 0.15) is 0 Å². The van der Waals surface area contributed by atoms with Gasteiger partial charge in [0, 0.05) is 31.0 Å². The van der Waals surface area contributed by atoms with Gasteiger partial charge in [-0.3, -0.25) is 5.10 Å². The standard InChI is InChI=1S/C11H22N4O3S/c1-3-4-6-18-7-5-13-19(16,17)11-10(8-12)9(2)14-15-11/h13H,3-8,12H2,1-2H3,(H,14,15). The van der Waals surface area contributed by atoms with E-state index in [0.29, 0.717) is 24.5 Å². The zero-order chi connectivity index (χ0) is 14.3. The zero-order valence-electron chi connectivity index (χ0n) is 11.4. The predicted molar refractivity (Wildman–Crippen MR) is 72.1 cm³/mol. The van der Waals surface area contributed by atoms with Crippen LogP contribution in [-0.4, -0.2) is 38.4 Å². The van der Waals surface area contributed by atoms with Gasteiger partial charge in [0.2, 0.25) is 0 Å². The number of nitrogens with one attached hydrogen (secondary N) is 2. The van der Waals surface area contributed by atoms with Crippen molar-refractivity contribution in [1.82, 2.24) is 14.9 Å². The van der Waals surface area contributed by atoms with Gasteiger partial charge in [-0.25, -0.2) is 13.1 Å². The second-order valence-electron chi connectivity index (χ2n) is 4.20. The largest absolute Gasteiger partial charge is 0.380 e. The van der Waals surface area contributed by atoms with E-state index in [1.54, 1.807) is 6.92 Å². The van der Waals surface area contributed by atoms with E-state index in [0.717, 1.165) is 12.8 Å². The molecule has 19 heavy (non-hydrogen) atoms. The zero-order valence-corrected chi connectivity index (χ0v) is 12.2. The van der Waals surface area contributed by atoms with Gasteiger partial charge in [-0.05, 0) is 13.3 Å². The summed E-state index contributed by atoms with van der Waals surface area (Å²) >= 11 is 0. The fourth-order valence-electron chi connectivity index (χ4n) is 1.56. The van der Waals surface area contributed by atoms with Crippen LogP contribution in [0.25, 0.3) is 0 Å². The Morgan fingerprint density at radius 2 is 2.16 bits per heavy atom. The summed E-state index contributed by atoms with van der Waals surface area (Å²) in [5.74, 6) is 0. The van der Waals surface area contributed by atoms with Crippen LogP contribution in [0.2, 0.25) is 0 Å². The number of nitrogens with zero attached hydrogens (tertiary/aromatic N) is 1. The number of hydrogen-bond donors (Lipinski definition) is 3. The molecule has 0 spiro atoms. The van der Waals surface area contributed by atoms with E-state index in [4.69, 9.17) is 10.5 Å². The van der Waals surface area contributed by atoms with Crippen LogP contribution in [0.3, 0.4) is 0 Å². The smallest absolute Gasteiger partial charge is 0.260 e. The topological polar surface area (TPSA) is 110 Å². The Labute approximate surface area is 114 Å². The van der Waals surface area contributed by atoms with Crippen LogP contribution in [0.1, 0.15) is 31.0 Å². The molecular weight excluding hydrogens is 268 g/mol. The Kier molecular flexibility index (Phi) is 6.43. The highest BCUT2D eigenvalue weighted by atomic mass is 32.2. The molecule has 7 nitrogen and oxygen atoms in total. The van der Waals surface area contributed by atoms with E-state index in [1.807, 2.05) is 0 Å². The van der Waals surface area contributed by atoms with Gasteiger partial charge in [0.05, 0.1) is 6.61 Å². The minimum Gasteiger partial charge on any atom is -0.380 e. The molecule has 1 aromatic rings. The molecule has 0 bridgehead atoms. The Bertz CT molecular complexity index is 484. The Hall–Kier alpha value is -0.960. The first-order valence-corrected chi connectivity index (χ1v) is 7.82. The molecule has 0 saturated heterocycles. The number of sulfonamides is 1. The number of rotatable bonds is 9. The molecule has 0 fully saturated rings. The maximum Gasteiger partial charge on any atom is 0.260 e. The molecule has 1 heterocycles. The van der Waals surface area contributed by atoms with E-state index in [-0.39, 0.29) is 18.1 Å². The van der Waals surface area contributed by atoms with Crippen LogP contribution < -0.4 is 10.5 Å².